The first-order valence-electron chi connectivity index (χ1n) is 9.88. The van der Waals surface area contributed by atoms with Gasteiger partial charge in [-0.1, -0.05) is 37.2 Å². The maximum absolute atomic E-state index is 12.3. The molecule has 0 aliphatic carbocycles. The fourth-order valence-corrected chi connectivity index (χ4v) is 4.04. The van der Waals surface area contributed by atoms with Crippen molar-refractivity contribution in [1.82, 2.24) is 24.7 Å². The Labute approximate surface area is 178 Å². The highest BCUT2D eigenvalue weighted by Crippen LogP contribution is 2.27. The van der Waals surface area contributed by atoms with Crippen molar-refractivity contribution in [3.63, 3.8) is 0 Å². The number of hydrogen-bond donors (Lipinski definition) is 1. The van der Waals surface area contributed by atoms with Gasteiger partial charge in [-0.2, -0.15) is 0 Å². The molecule has 8 heteroatoms. The van der Waals surface area contributed by atoms with Crippen LogP contribution < -0.4 is 10.3 Å². The monoisotopic (exact) mass is 421 g/mol. The molecule has 2 aromatic heterocycles. The van der Waals surface area contributed by atoms with E-state index in [1.165, 1.54) is 11.8 Å². The number of benzene rings is 2. The van der Waals surface area contributed by atoms with Gasteiger partial charge in [-0.15, -0.1) is 10.2 Å². The van der Waals surface area contributed by atoms with Gasteiger partial charge in [0.15, 0.2) is 11.0 Å². The zero-order valence-corrected chi connectivity index (χ0v) is 17.8. The number of fused-ring (bicyclic) bond motifs is 1. The summed E-state index contributed by atoms with van der Waals surface area (Å²) in [5.74, 6) is 2.76. The third-order valence-corrected chi connectivity index (χ3v) is 5.78. The summed E-state index contributed by atoms with van der Waals surface area (Å²) in [6, 6.07) is 15.2. The topological polar surface area (TPSA) is 85.7 Å². The lowest BCUT2D eigenvalue weighted by Gasteiger charge is -2.10. The number of methoxy groups -OCH3 is 1. The molecule has 154 valence electrons. The van der Waals surface area contributed by atoms with Crippen molar-refractivity contribution in [2.75, 3.05) is 7.11 Å². The molecule has 0 fully saturated rings. The molecule has 0 saturated heterocycles. The number of unbranched alkanes of at least 4 members (excludes halogenated alkanes) is 1. The second-order valence-electron chi connectivity index (χ2n) is 6.86. The van der Waals surface area contributed by atoms with Crippen LogP contribution in [0.25, 0.3) is 22.3 Å². The molecule has 0 amide bonds. The van der Waals surface area contributed by atoms with Gasteiger partial charge in [0.05, 0.1) is 23.8 Å². The van der Waals surface area contributed by atoms with E-state index in [9.17, 15) is 4.79 Å². The quantitative estimate of drug-likeness (QED) is 0.427. The molecule has 0 spiro atoms. The highest BCUT2D eigenvalue weighted by molar-refractivity contribution is 7.98. The Morgan fingerprint density at radius 2 is 1.90 bits per heavy atom. The Bertz CT molecular complexity index is 1200. The van der Waals surface area contributed by atoms with Crippen molar-refractivity contribution >= 4 is 22.7 Å². The Morgan fingerprint density at radius 1 is 1.10 bits per heavy atom. The number of nitrogens with one attached hydrogen (secondary N) is 1. The van der Waals surface area contributed by atoms with Crippen LogP contribution in [0, 0.1) is 0 Å². The second kappa shape index (κ2) is 9.13. The molecule has 0 bridgehead atoms. The number of aromatic amines is 1. The highest BCUT2D eigenvalue weighted by Gasteiger charge is 2.15. The number of ether oxygens (including phenoxy) is 1. The lowest BCUT2D eigenvalue weighted by atomic mass is 10.2. The van der Waals surface area contributed by atoms with Crippen LogP contribution >= 0.6 is 11.8 Å². The first kappa shape index (κ1) is 20.2. The number of hydrogen-bond acceptors (Lipinski definition) is 6. The van der Waals surface area contributed by atoms with Gasteiger partial charge < -0.3 is 14.3 Å². The van der Waals surface area contributed by atoms with Crippen molar-refractivity contribution in [3.05, 3.63) is 64.7 Å². The van der Waals surface area contributed by atoms with Gasteiger partial charge >= 0.3 is 0 Å². The smallest absolute Gasteiger partial charge is 0.258 e. The lowest BCUT2D eigenvalue weighted by molar-refractivity contribution is 0.415. The molecule has 4 aromatic rings. The summed E-state index contributed by atoms with van der Waals surface area (Å²) in [5.41, 5.74) is 1.56. The number of thioether (sulfide) groups is 1. The molecule has 0 saturated carbocycles. The van der Waals surface area contributed by atoms with Crippen LogP contribution in [0.2, 0.25) is 0 Å². The Morgan fingerprint density at radius 3 is 2.67 bits per heavy atom. The molecule has 2 heterocycles. The van der Waals surface area contributed by atoms with E-state index in [2.05, 4.69) is 31.7 Å². The van der Waals surface area contributed by atoms with Crippen LogP contribution in [0.4, 0.5) is 0 Å². The molecule has 0 aliphatic heterocycles. The molecular formula is C22H23N5O2S. The normalized spacial score (nSPS) is 11.1. The summed E-state index contributed by atoms with van der Waals surface area (Å²) < 4.78 is 7.38. The van der Waals surface area contributed by atoms with Crippen molar-refractivity contribution in [1.29, 1.82) is 0 Å². The molecule has 7 nitrogen and oxygen atoms in total. The summed E-state index contributed by atoms with van der Waals surface area (Å²) in [6.07, 6.45) is 2.10. The predicted octanol–water partition coefficient (Wildman–Crippen LogP) is 4.28. The molecule has 0 atom stereocenters. The molecule has 0 unspecified atom stereocenters. The van der Waals surface area contributed by atoms with E-state index in [4.69, 9.17) is 4.74 Å². The molecule has 2 aromatic carbocycles. The van der Waals surface area contributed by atoms with E-state index in [0.717, 1.165) is 41.7 Å². The second-order valence-corrected chi connectivity index (χ2v) is 7.80. The number of para-hydroxylation sites is 1. The Hall–Kier alpha value is -3.13. The van der Waals surface area contributed by atoms with Crippen molar-refractivity contribution in [2.24, 2.45) is 0 Å². The number of nitrogens with zero attached hydrogens (tertiary/aromatic N) is 4. The Balaban J connectivity index is 1.60. The van der Waals surface area contributed by atoms with Gasteiger partial charge in [-0.3, -0.25) is 4.79 Å². The van der Waals surface area contributed by atoms with E-state index in [-0.39, 0.29) is 5.56 Å². The van der Waals surface area contributed by atoms with Gasteiger partial charge in [-0.25, -0.2) is 4.98 Å². The largest absolute Gasteiger partial charge is 0.497 e. The van der Waals surface area contributed by atoms with Crippen LogP contribution in [0.1, 0.15) is 25.6 Å². The van der Waals surface area contributed by atoms with E-state index < -0.39 is 0 Å². The number of H-pyrrole nitrogens is 1. The van der Waals surface area contributed by atoms with Crippen molar-refractivity contribution < 1.29 is 4.74 Å². The van der Waals surface area contributed by atoms with Gasteiger partial charge in [0.2, 0.25) is 0 Å². The third kappa shape index (κ3) is 4.23. The van der Waals surface area contributed by atoms with E-state index >= 15 is 0 Å². The first-order chi connectivity index (χ1) is 14.7. The average molecular weight is 422 g/mol. The Kier molecular flexibility index (Phi) is 6.13. The molecular weight excluding hydrogens is 398 g/mol. The van der Waals surface area contributed by atoms with Gasteiger partial charge in [0.25, 0.3) is 5.56 Å². The maximum atomic E-state index is 12.3. The lowest BCUT2D eigenvalue weighted by Crippen LogP contribution is -2.11. The fourth-order valence-electron chi connectivity index (χ4n) is 3.20. The molecule has 30 heavy (non-hydrogen) atoms. The van der Waals surface area contributed by atoms with E-state index in [1.807, 2.05) is 42.5 Å². The van der Waals surface area contributed by atoms with Gasteiger partial charge in [0.1, 0.15) is 11.6 Å². The van der Waals surface area contributed by atoms with Gasteiger partial charge in [0, 0.05) is 12.1 Å². The minimum Gasteiger partial charge on any atom is -0.497 e. The standard InChI is InChI=1S/C22H23N5O2S/c1-3-4-13-27-20(15-9-11-16(29-2)12-10-15)25-26-22(27)30-14-19-23-18-8-6-5-7-17(18)21(28)24-19/h5-12H,3-4,13-14H2,1-2H3,(H,23,24,28). The van der Waals surface area contributed by atoms with E-state index in [0.29, 0.717) is 22.5 Å². The van der Waals surface area contributed by atoms with Gasteiger partial charge in [-0.05, 0) is 42.8 Å². The average Bonchev–Trinajstić information content (AvgIpc) is 3.19. The van der Waals surface area contributed by atoms with Crippen LogP contribution in [0.5, 0.6) is 5.75 Å². The van der Waals surface area contributed by atoms with Crippen LogP contribution in [0.15, 0.2) is 58.5 Å². The molecule has 0 aliphatic rings. The highest BCUT2D eigenvalue weighted by atomic mass is 32.2. The SMILES string of the molecule is CCCCn1c(SCc2nc3ccccc3c(=O)[nH]2)nnc1-c1ccc(OC)cc1. The minimum absolute atomic E-state index is 0.123. The zero-order chi connectivity index (χ0) is 20.9. The maximum Gasteiger partial charge on any atom is 0.258 e. The zero-order valence-electron chi connectivity index (χ0n) is 17.0. The van der Waals surface area contributed by atoms with Crippen LogP contribution in [-0.2, 0) is 12.3 Å². The van der Waals surface area contributed by atoms with Crippen molar-refractivity contribution in [3.8, 4) is 17.1 Å². The summed E-state index contributed by atoms with van der Waals surface area (Å²) in [4.78, 5) is 19.8. The molecule has 1 N–H and O–H groups in total. The van der Waals surface area contributed by atoms with E-state index in [1.54, 1.807) is 13.2 Å². The first-order valence-corrected chi connectivity index (χ1v) is 10.9. The fraction of sp³-hybridized carbons (Fsp3) is 0.273. The van der Waals surface area contributed by atoms with Crippen LogP contribution in [-0.4, -0.2) is 31.8 Å². The predicted molar refractivity (Wildman–Crippen MR) is 119 cm³/mol. The van der Waals surface area contributed by atoms with Crippen LogP contribution in [0.3, 0.4) is 0 Å². The third-order valence-electron chi connectivity index (χ3n) is 4.80. The van der Waals surface area contributed by atoms with Crippen molar-refractivity contribution in [2.45, 2.75) is 37.2 Å². The molecule has 4 rings (SSSR count). The summed E-state index contributed by atoms with van der Waals surface area (Å²) in [6.45, 7) is 2.99. The summed E-state index contributed by atoms with van der Waals surface area (Å²) >= 11 is 1.52. The summed E-state index contributed by atoms with van der Waals surface area (Å²) in [7, 11) is 1.65. The number of aromatic nitrogens is 5. The minimum atomic E-state index is -0.123. The number of rotatable bonds is 8. The summed E-state index contributed by atoms with van der Waals surface area (Å²) in [5, 5.41) is 10.3. The molecule has 0 radical (unpaired) electrons.